The summed E-state index contributed by atoms with van der Waals surface area (Å²) in [6.45, 7) is 1.79. The van der Waals surface area contributed by atoms with Crippen molar-refractivity contribution in [2.24, 2.45) is 0 Å². The van der Waals surface area contributed by atoms with Crippen LogP contribution in [0.15, 0.2) is 71.6 Å². The number of aryl methyl sites for hydroxylation is 1. The molecule has 0 radical (unpaired) electrons. The molecular formula is C26H24N2O6S. The van der Waals surface area contributed by atoms with Crippen molar-refractivity contribution in [2.75, 3.05) is 23.6 Å². The van der Waals surface area contributed by atoms with Gasteiger partial charge in [0.15, 0.2) is 21.3 Å². The van der Waals surface area contributed by atoms with E-state index >= 15 is 0 Å². The Morgan fingerprint density at radius 2 is 1.77 bits per heavy atom. The number of amides is 2. The van der Waals surface area contributed by atoms with Crippen molar-refractivity contribution in [1.82, 2.24) is 0 Å². The van der Waals surface area contributed by atoms with Gasteiger partial charge >= 0.3 is 0 Å². The molecular weight excluding hydrogens is 468 g/mol. The Bertz CT molecular complexity index is 1400. The largest absolute Gasteiger partial charge is 0.454 e. The van der Waals surface area contributed by atoms with Gasteiger partial charge in [0.2, 0.25) is 18.6 Å². The summed E-state index contributed by atoms with van der Waals surface area (Å²) in [6, 6.07) is 18.6. The van der Waals surface area contributed by atoms with Crippen LogP contribution in [0, 0.1) is 0 Å². The van der Waals surface area contributed by atoms with E-state index in [4.69, 9.17) is 9.47 Å². The molecule has 35 heavy (non-hydrogen) atoms. The molecule has 2 heterocycles. The zero-order chi connectivity index (χ0) is 24.6. The molecule has 0 saturated carbocycles. The summed E-state index contributed by atoms with van der Waals surface area (Å²) in [4.78, 5) is 27.5. The molecule has 0 fully saturated rings. The Morgan fingerprint density at radius 3 is 2.54 bits per heavy atom. The van der Waals surface area contributed by atoms with E-state index in [0.717, 1.165) is 12.0 Å². The van der Waals surface area contributed by atoms with Gasteiger partial charge in [0.05, 0.1) is 15.8 Å². The first-order valence-corrected chi connectivity index (χ1v) is 12.8. The smallest absolute Gasteiger partial charge is 0.244 e. The molecule has 1 unspecified atom stereocenters. The fourth-order valence-electron chi connectivity index (χ4n) is 4.34. The Hall–Kier alpha value is -3.85. The summed E-state index contributed by atoms with van der Waals surface area (Å²) >= 11 is 0. The van der Waals surface area contributed by atoms with E-state index in [-0.39, 0.29) is 30.3 Å². The lowest BCUT2D eigenvalue weighted by atomic mass is 10.1. The summed E-state index contributed by atoms with van der Waals surface area (Å²) in [5.74, 6) is 0.0822. The summed E-state index contributed by atoms with van der Waals surface area (Å²) < 4.78 is 38.1. The molecule has 2 amide bonds. The van der Waals surface area contributed by atoms with Gasteiger partial charge in [-0.1, -0.05) is 37.3 Å². The highest BCUT2D eigenvalue weighted by atomic mass is 32.2. The molecule has 9 heteroatoms. The van der Waals surface area contributed by atoms with Crippen molar-refractivity contribution in [2.45, 2.75) is 29.9 Å². The number of para-hydroxylation sites is 1. The van der Waals surface area contributed by atoms with Crippen LogP contribution in [0.25, 0.3) is 0 Å². The number of nitrogens with zero attached hydrogens (tertiary/aromatic N) is 1. The number of hydrogen-bond donors (Lipinski definition) is 1. The highest BCUT2D eigenvalue weighted by Gasteiger charge is 2.40. The van der Waals surface area contributed by atoms with E-state index in [1.165, 1.54) is 11.0 Å². The average molecular weight is 493 g/mol. The van der Waals surface area contributed by atoms with Crippen molar-refractivity contribution < 1.29 is 27.5 Å². The molecule has 0 saturated heterocycles. The van der Waals surface area contributed by atoms with Gasteiger partial charge < -0.3 is 19.7 Å². The molecule has 0 spiro atoms. The summed E-state index contributed by atoms with van der Waals surface area (Å²) in [5, 5.41) is 1.67. The minimum absolute atomic E-state index is 0.00798. The van der Waals surface area contributed by atoms with Crippen LogP contribution < -0.4 is 19.7 Å². The lowest BCUT2D eigenvalue weighted by Crippen LogP contribution is -2.38. The zero-order valence-corrected chi connectivity index (χ0v) is 19.9. The third-order valence-electron chi connectivity index (χ3n) is 6.21. The average Bonchev–Trinajstić information content (AvgIpc) is 3.31. The SMILES string of the molecule is CCc1ccc(NC(=O)CN2C(=O)CC(c3ccc4c(c3)OCO4)S(=O)(=O)c3ccccc32)cc1. The Morgan fingerprint density at radius 1 is 1.03 bits per heavy atom. The fraction of sp³-hybridized carbons (Fsp3) is 0.231. The minimum atomic E-state index is -3.95. The molecule has 0 aliphatic carbocycles. The van der Waals surface area contributed by atoms with Crippen LogP contribution in [0.5, 0.6) is 11.5 Å². The van der Waals surface area contributed by atoms with Crippen LogP contribution in [0.4, 0.5) is 11.4 Å². The van der Waals surface area contributed by atoms with Gasteiger partial charge in [0.1, 0.15) is 6.54 Å². The third kappa shape index (κ3) is 4.35. The number of nitrogens with one attached hydrogen (secondary N) is 1. The number of anilines is 2. The molecule has 0 bridgehead atoms. The Kier molecular flexibility index (Phi) is 5.94. The maximum absolute atomic E-state index is 13.7. The molecule has 3 aromatic rings. The van der Waals surface area contributed by atoms with Gasteiger partial charge in [-0.3, -0.25) is 9.59 Å². The zero-order valence-electron chi connectivity index (χ0n) is 19.1. The number of carbonyl (C=O) groups excluding carboxylic acids is 2. The number of sulfone groups is 1. The maximum Gasteiger partial charge on any atom is 0.244 e. The van der Waals surface area contributed by atoms with Crippen molar-refractivity contribution in [3.8, 4) is 11.5 Å². The number of fused-ring (bicyclic) bond motifs is 2. The van der Waals surface area contributed by atoms with Crippen LogP contribution >= 0.6 is 0 Å². The molecule has 1 atom stereocenters. The molecule has 5 rings (SSSR count). The third-order valence-corrected chi connectivity index (χ3v) is 8.36. The number of hydrogen-bond acceptors (Lipinski definition) is 6. The molecule has 3 aromatic carbocycles. The van der Waals surface area contributed by atoms with E-state index in [2.05, 4.69) is 5.32 Å². The first kappa shape index (κ1) is 22.9. The number of benzene rings is 3. The molecule has 8 nitrogen and oxygen atoms in total. The quantitative estimate of drug-likeness (QED) is 0.580. The first-order valence-electron chi connectivity index (χ1n) is 11.3. The topological polar surface area (TPSA) is 102 Å². The van der Waals surface area contributed by atoms with Crippen LogP contribution in [0.1, 0.15) is 29.7 Å². The number of rotatable bonds is 5. The highest BCUT2D eigenvalue weighted by molar-refractivity contribution is 7.92. The lowest BCUT2D eigenvalue weighted by molar-refractivity contribution is -0.121. The van der Waals surface area contributed by atoms with Crippen molar-refractivity contribution in [3.63, 3.8) is 0 Å². The molecule has 2 aliphatic rings. The molecule has 0 aromatic heterocycles. The summed E-state index contributed by atoms with van der Waals surface area (Å²) in [5.41, 5.74) is 2.37. The second kappa shape index (κ2) is 9.07. The van der Waals surface area contributed by atoms with E-state index in [1.807, 2.05) is 19.1 Å². The fourth-order valence-corrected chi connectivity index (χ4v) is 6.25. The number of ether oxygens (including phenoxy) is 2. The van der Waals surface area contributed by atoms with Crippen molar-refractivity contribution >= 4 is 33.0 Å². The molecule has 2 aliphatic heterocycles. The van der Waals surface area contributed by atoms with Crippen LogP contribution in [-0.2, 0) is 25.8 Å². The van der Waals surface area contributed by atoms with E-state index < -0.39 is 26.9 Å². The minimum Gasteiger partial charge on any atom is -0.454 e. The van der Waals surface area contributed by atoms with E-state index in [1.54, 1.807) is 48.5 Å². The Labute approximate surface area is 203 Å². The first-order chi connectivity index (χ1) is 16.9. The second-order valence-electron chi connectivity index (χ2n) is 8.40. The summed E-state index contributed by atoms with van der Waals surface area (Å²) in [6.07, 6.45) is 0.571. The predicted molar refractivity (Wildman–Crippen MR) is 130 cm³/mol. The number of carbonyl (C=O) groups is 2. The van der Waals surface area contributed by atoms with Gasteiger partial charge in [0, 0.05) is 12.1 Å². The molecule has 1 N–H and O–H groups in total. The van der Waals surface area contributed by atoms with E-state index in [0.29, 0.717) is 22.7 Å². The predicted octanol–water partition coefficient (Wildman–Crippen LogP) is 3.87. The van der Waals surface area contributed by atoms with Gasteiger partial charge in [-0.05, 0) is 53.9 Å². The monoisotopic (exact) mass is 492 g/mol. The summed E-state index contributed by atoms with van der Waals surface area (Å²) in [7, 11) is -3.95. The lowest BCUT2D eigenvalue weighted by Gasteiger charge is -2.22. The molecule has 180 valence electrons. The van der Waals surface area contributed by atoms with Crippen molar-refractivity contribution in [1.29, 1.82) is 0 Å². The van der Waals surface area contributed by atoms with Gasteiger partial charge in [-0.15, -0.1) is 0 Å². The van der Waals surface area contributed by atoms with Gasteiger partial charge in [0.25, 0.3) is 0 Å². The highest BCUT2D eigenvalue weighted by Crippen LogP contribution is 2.43. The van der Waals surface area contributed by atoms with Gasteiger partial charge in [-0.25, -0.2) is 8.42 Å². The normalized spacial score (nSPS) is 18.0. The maximum atomic E-state index is 13.7. The standard InChI is InChI=1S/C26H24N2O6S/c1-2-17-7-10-19(11-8-17)27-25(29)15-28-20-5-3-4-6-23(20)35(31,32)24(14-26(28)30)18-9-12-21-22(13-18)34-16-33-21/h3-13,24H,2,14-16H2,1H3,(H,27,29). The van der Waals surface area contributed by atoms with Crippen molar-refractivity contribution in [3.05, 3.63) is 77.9 Å². The van der Waals surface area contributed by atoms with Crippen LogP contribution in [0.2, 0.25) is 0 Å². The van der Waals surface area contributed by atoms with Crippen LogP contribution in [-0.4, -0.2) is 33.6 Å². The van der Waals surface area contributed by atoms with Crippen LogP contribution in [0.3, 0.4) is 0 Å². The van der Waals surface area contributed by atoms with Gasteiger partial charge in [-0.2, -0.15) is 0 Å². The van der Waals surface area contributed by atoms with E-state index in [9.17, 15) is 18.0 Å². The Balaban J connectivity index is 1.46. The second-order valence-corrected chi connectivity index (χ2v) is 10.5.